The molecule has 2 amide bonds. The predicted molar refractivity (Wildman–Crippen MR) is 78.0 cm³/mol. The molecule has 1 aliphatic rings. The molecule has 0 aliphatic carbocycles. The van der Waals surface area contributed by atoms with E-state index in [4.69, 9.17) is 9.68 Å². The fraction of sp³-hybridized carbons (Fsp3) is 0. The molecule has 2 heterocycles. The standard InChI is InChI=1S/C15H8N2O3S/c16-8-9-1-3-10(4-2-9)12-6-5-11(20-12)7-13-14(18)17-15(19)21-13/h1-7H,(H,17,18,19). The Hall–Kier alpha value is -2.78. The Kier molecular flexibility index (Phi) is 3.34. The molecule has 0 saturated carbocycles. The van der Waals surface area contributed by atoms with Gasteiger partial charge in [-0.1, -0.05) is 0 Å². The lowest BCUT2D eigenvalue weighted by Gasteiger charge is -1.96. The molecule has 1 aromatic heterocycles. The van der Waals surface area contributed by atoms with Crippen molar-refractivity contribution in [2.24, 2.45) is 0 Å². The SMILES string of the molecule is N#Cc1ccc(-c2ccc(C=C3SC(=O)NC3=O)o2)cc1. The fourth-order valence-electron chi connectivity index (χ4n) is 1.84. The highest BCUT2D eigenvalue weighted by Gasteiger charge is 2.25. The molecule has 5 nitrogen and oxygen atoms in total. The van der Waals surface area contributed by atoms with Gasteiger partial charge in [0.2, 0.25) is 0 Å². The zero-order chi connectivity index (χ0) is 14.8. The summed E-state index contributed by atoms with van der Waals surface area (Å²) in [6.45, 7) is 0. The lowest BCUT2D eigenvalue weighted by atomic mass is 10.1. The molecule has 0 radical (unpaired) electrons. The minimum atomic E-state index is -0.415. The lowest BCUT2D eigenvalue weighted by molar-refractivity contribution is -0.115. The molecule has 1 saturated heterocycles. The topological polar surface area (TPSA) is 83.1 Å². The number of imide groups is 1. The highest BCUT2D eigenvalue weighted by atomic mass is 32.2. The van der Waals surface area contributed by atoms with Crippen LogP contribution in [0.5, 0.6) is 0 Å². The quantitative estimate of drug-likeness (QED) is 0.861. The molecule has 0 bridgehead atoms. The molecule has 1 N–H and O–H groups in total. The molecule has 2 aromatic rings. The number of benzene rings is 1. The molecule has 1 aromatic carbocycles. The maximum atomic E-state index is 11.4. The molecular weight excluding hydrogens is 288 g/mol. The van der Waals surface area contributed by atoms with Gasteiger partial charge in [-0.15, -0.1) is 0 Å². The molecule has 0 spiro atoms. The Bertz CT molecular complexity index is 797. The summed E-state index contributed by atoms with van der Waals surface area (Å²) in [4.78, 5) is 22.8. The van der Waals surface area contributed by atoms with Gasteiger partial charge in [0.15, 0.2) is 0 Å². The predicted octanol–water partition coefficient (Wildman–Crippen LogP) is 3.14. The van der Waals surface area contributed by atoms with Crippen LogP contribution in [0.25, 0.3) is 17.4 Å². The third kappa shape index (κ3) is 2.73. The molecule has 3 rings (SSSR count). The van der Waals surface area contributed by atoms with Crippen LogP contribution >= 0.6 is 11.8 Å². The Morgan fingerprint density at radius 3 is 2.52 bits per heavy atom. The van der Waals surface area contributed by atoms with Crippen molar-refractivity contribution in [1.29, 1.82) is 5.26 Å². The second-order valence-corrected chi connectivity index (χ2v) is 5.26. The smallest absolute Gasteiger partial charge is 0.290 e. The Labute approximate surface area is 124 Å². The van der Waals surface area contributed by atoms with E-state index < -0.39 is 5.91 Å². The second kappa shape index (κ2) is 5.31. The first-order chi connectivity index (χ1) is 10.2. The van der Waals surface area contributed by atoms with E-state index in [0.29, 0.717) is 22.0 Å². The average Bonchev–Trinajstić information content (AvgIpc) is 3.07. The summed E-state index contributed by atoms with van der Waals surface area (Å²) in [7, 11) is 0. The van der Waals surface area contributed by atoms with Gasteiger partial charge in [-0.2, -0.15) is 5.26 Å². The zero-order valence-electron chi connectivity index (χ0n) is 10.6. The number of thioether (sulfide) groups is 1. The molecule has 6 heteroatoms. The maximum Gasteiger partial charge on any atom is 0.290 e. The Balaban J connectivity index is 1.86. The van der Waals surface area contributed by atoms with Crippen LogP contribution in [0.1, 0.15) is 11.3 Å². The van der Waals surface area contributed by atoms with Crippen LogP contribution in [0.3, 0.4) is 0 Å². The number of furan rings is 1. The van der Waals surface area contributed by atoms with Crippen molar-refractivity contribution >= 4 is 29.0 Å². The van der Waals surface area contributed by atoms with Gasteiger partial charge in [0.05, 0.1) is 16.5 Å². The number of rotatable bonds is 2. The van der Waals surface area contributed by atoms with Gasteiger partial charge >= 0.3 is 0 Å². The first-order valence-electron chi connectivity index (χ1n) is 6.01. The van der Waals surface area contributed by atoms with Crippen LogP contribution in [0.4, 0.5) is 4.79 Å². The summed E-state index contributed by atoms with van der Waals surface area (Å²) in [5, 5.41) is 10.6. The number of carbonyl (C=O) groups excluding carboxylic acids is 2. The van der Waals surface area contributed by atoms with E-state index in [-0.39, 0.29) is 5.24 Å². The number of amides is 2. The van der Waals surface area contributed by atoms with E-state index >= 15 is 0 Å². The molecule has 1 aliphatic heterocycles. The highest BCUT2D eigenvalue weighted by molar-refractivity contribution is 8.18. The number of nitrogens with zero attached hydrogens (tertiary/aromatic N) is 1. The lowest BCUT2D eigenvalue weighted by Crippen LogP contribution is -2.17. The maximum absolute atomic E-state index is 11.4. The zero-order valence-corrected chi connectivity index (χ0v) is 11.4. The summed E-state index contributed by atoms with van der Waals surface area (Å²) in [6, 6.07) is 12.5. The first-order valence-corrected chi connectivity index (χ1v) is 6.82. The number of carbonyl (C=O) groups is 2. The highest BCUT2D eigenvalue weighted by Crippen LogP contribution is 2.28. The molecule has 21 heavy (non-hydrogen) atoms. The van der Waals surface area contributed by atoms with Crippen LogP contribution in [-0.4, -0.2) is 11.1 Å². The van der Waals surface area contributed by atoms with Crippen molar-refractivity contribution in [1.82, 2.24) is 5.32 Å². The molecule has 0 atom stereocenters. The monoisotopic (exact) mass is 296 g/mol. The third-order valence-corrected chi connectivity index (χ3v) is 3.65. The third-order valence-electron chi connectivity index (χ3n) is 2.84. The second-order valence-electron chi connectivity index (χ2n) is 4.24. The fourth-order valence-corrected chi connectivity index (χ4v) is 2.51. The van der Waals surface area contributed by atoms with Crippen molar-refractivity contribution in [3.8, 4) is 17.4 Å². The molecule has 0 unspecified atom stereocenters. The normalized spacial score (nSPS) is 16.0. The van der Waals surface area contributed by atoms with Gasteiger partial charge in [0.1, 0.15) is 11.5 Å². The van der Waals surface area contributed by atoms with Crippen LogP contribution in [0.2, 0.25) is 0 Å². The summed E-state index contributed by atoms with van der Waals surface area (Å²) in [6.07, 6.45) is 1.53. The van der Waals surface area contributed by atoms with Crippen LogP contribution in [0, 0.1) is 11.3 Å². The van der Waals surface area contributed by atoms with Gasteiger partial charge in [-0.25, -0.2) is 0 Å². The largest absolute Gasteiger partial charge is 0.457 e. The summed E-state index contributed by atoms with van der Waals surface area (Å²) in [5.74, 6) is 0.698. The van der Waals surface area contributed by atoms with Crippen molar-refractivity contribution < 1.29 is 14.0 Å². The van der Waals surface area contributed by atoms with Gasteiger partial charge in [0.25, 0.3) is 11.1 Å². The summed E-state index contributed by atoms with van der Waals surface area (Å²) < 4.78 is 5.62. The Morgan fingerprint density at radius 1 is 1.14 bits per heavy atom. The van der Waals surface area contributed by atoms with Crippen LogP contribution in [-0.2, 0) is 4.79 Å². The molecular formula is C15H8N2O3S. The van der Waals surface area contributed by atoms with Crippen LogP contribution < -0.4 is 5.32 Å². The van der Waals surface area contributed by atoms with Crippen molar-refractivity contribution in [2.75, 3.05) is 0 Å². The van der Waals surface area contributed by atoms with E-state index in [9.17, 15) is 9.59 Å². The van der Waals surface area contributed by atoms with Crippen molar-refractivity contribution in [3.05, 3.63) is 52.6 Å². The van der Waals surface area contributed by atoms with Crippen LogP contribution in [0.15, 0.2) is 45.7 Å². The van der Waals surface area contributed by atoms with E-state index in [0.717, 1.165) is 17.3 Å². The van der Waals surface area contributed by atoms with Gasteiger partial charge < -0.3 is 4.42 Å². The first kappa shape index (κ1) is 13.2. The minimum Gasteiger partial charge on any atom is -0.457 e. The van der Waals surface area contributed by atoms with E-state index in [1.165, 1.54) is 6.08 Å². The van der Waals surface area contributed by atoms with E-state index in [2.05, 4.69) is 5.32 Å². The summed E-state index contributed by atoms with van der Waals surface area (Å²) in [5.41, 5.74) is 1.41. The van der Waals surface area contributed by atoms with E-state index in [1.807, 2.05) is 6.07 Å². The number of nitriles is 1. The van der Waals surface area contributed by atoms with Gasteiger partial charge in [0, 0.05) is 11.6 Å². The average molecular weight is 296 g/mol. The van der Waals surface area contributed by atoms with Crippen molar-refractivity contribution in [2.45, 2.75) is 0 Å². The molecule has 102 valence electrons. The van der Waals surface area contributed by atoms with Gasteiger partial charge in [-0.3, -0.25) is 14.9 Å². The number of hydrogen-bond acceptors (Lipinski definition) is 5. The number of hydrogen-bond donors (Lipinski definition) is 1. The van der Waals surface area contributed by atoms with Gasteiger partial charge in [-0.05, 0) is 48.2 Å². The summed E-state index contributed by atoms with van der Waals surface area (Å²) >= 11 is 0.844. The molecule has 1 fully saturated rings. The van der Waals surface area contributed by atoms with E-state index in [1.54, 1.807) is 36.4 Å². The Morgan fingerprint density at radius 2 is 1.90 bits per heavy atom. The number of nitrogens with one attached hydrogen (secondary N) is 1. The minimum absolute atomic E-state index is 0.306. The van der Waals surface area contributed by atoms with Crippen molar-refractivity contribution in [3.63, 3.8) is 0 Å².